The van der Waals surface area contributed by atoms with Gasteiger partial charge in [0.2, 0.25) is 0 Å². The highest BCUT2D eigenvalue weighted by Gasteiger charge is 2.97. The molecule has 0 aromatic carbocycles. The van der Waals surface area contributed by atoms with E-state index in [1.807, 2.05) is 10.7 Å². The van der Waals surface area contributed by atoms with Gasteiger partial charge in [-0.25, -0.2) is 4.98 Å². The Balaban J connectivity index is 1.31. The van der Waals surface area contributed by atoms with Gasteiger partial charge < -0.3 is 10.5 Å². The first-order valence-electron chi connectivity index (χ1n) is 11.3. The van der Waals surface area contributed by atoms with Crippen LogP contribution in [0.3, 0.4) is 0 Å². The number of nitrogens with two attached hydrogens (primary N) is 1. The zero-order valence-electron chi connectivity index (χ0n) is 18.5. The lowest BCUT2D eigenvalue weighted by Gasteiger charge is -2.49. The number of aromatic nitrogens is 3. The fraction of sp³-hybridized carbons (Fsp3) is 0.652. The second kappa shape index (κ2) is 6.26. The number of halogens is 3. The van der Waals surface area contributed by atoms with E-state index in [4.69, 9.17) is 15.6 Å². The first-order chi connectivity index (χ1) is 15.1. The van der Waals surface area contributed by atoms with Crippen molar-refractivity contribution in [2.24, 2.45) is 23.2 Å². The molecule has 9 heteroatoms. The third-order valence-electron chi connectivity index (χ3n) is 8.42. The van der Waals surface area contributed by atoms with Gasteiger partial charge in [-0.1, -0.05) is 0 Å². The molecule has 32 heavy (non-hydrogen) atoms. The topological polar surface area (TPSA) is 69.2 Å². The largest absolute Gasteiger partial charge is 0.419 e. The van der Waals surface area contributed by atoms with E-state index in [0.717, 1.165) is 32.3 Å². The Kier molecular flexibility index (Phi) is 4.00. The maximum Gasteiger partial charge on any atom is 0.419 e. The van der Waals surface area contributed by atoms with Gasteiger partial charge in [-0.15, -0.1) is 0 Å². The lowest BCUT2D eigenvalue weighted by atomic mass is 9.76. The number of alkyl halides is 3. The molecular formula is C23H28F3N5O. The van der Waals surface area contributed by atoms with Crippen LogP contribution in [-0.2, 0) is 16.3 Å². The van der Waals surface area contributed by atoms with Crippen LogP contribution >= 0.6 is 0 Å². The van der Waals surface area contributed by atoms with E-state index in [1.165, 1.54) is 18.3 Å². The van der Waals surface area contributed by atoms with Crippen LogP contribution in [-0.4, -0.2) is 53.0 Å². The summed E-state index contributed by atoms with van der Waals surface area (Å²) in [5.74, 6) is 1.57. The Morgan fingerprint density at radius 3 is 2.66 bits per heavy atom. The molecule has 7 rings (SSSR count). The minimum absolute atomic E-state index is 0.133. The van der Waals surface area contributed by atoms with E-state index in [1.54, 1.807) is 7.11 Å². The van der Waals surface area contributed by atoms with Crippen LogP contribution in [0.15, 0.2) is 18.3 Å². The molecule has 0 amide bonds. The molecule has 1 saturated heterocycles. The highest BCUT2D eigenvalue weighted by molar-refractivity contribution is 5.65. The van der Waals surface area contributed by atoms with Crippen LogP contribution in [0.25, 0.3) is 11.3 Å². The summed E-state index contributed by atoms with van der Waals surface area (Å²) in [6, 6.07) is 3.22. The number of methoxy groups -OCH3 is 1. The van der Waals surface area contributed by atoms with Gasteiger partial charge in [0.25, 0.3) is 0 Å². The minimum Gasteiger partial charge on any atom is -0.383 e. The second-order valence-corrected chi connectivity index (χ2v) is 10.4. The molecule has 1 spiro atoms. The predicted octanol–water partition coefficient (Wildman–Crippen LogP) is 3.59. The fourth-order valence-corrected chi connectivity index (χ4v) is 7.20. The van der Waals surface area contributed by atoms with Crippen LogP contribution in [0.2, 0.25) is 0 Å². The van der Waals surface area contributed by atoms with Gasteiger partial charge in [-0.2, -0.15) is 18.3 Å². The van der Waals surface area contributed by atoms with Gasteiger partial charge >= 0.3 is 6.18 Å². The summed E-state index contributed by atoms with van der Waals surface area (Å²) in [4.78, 5) is 6.28. The molecule has 6 nitrogen and oxygen atoms in total. The average Bonchev–Trinajstić information content (AvgIpc) is 3.30. The summed E-state index contributed by atoms with van der Waals surface area (Å²) in [6.45, 7) is 8.16. The molecule has 3 heterocycles. The van der Waals surface area contributed by atoms with Gasteiger partial charge in [-0.05, 0) is 50.2 Å². The maximum atomic E-state index is 13.4. The summed E-state index contributed by atoms with van der Waals surface area (Å²) in [5.41, 5.74) is 7.26. The third-order valence-corrected chi connectivity index (χ3v) is 8.42. The summed E-state index contributed by atoms with van der Waals surface area (Å²) in [7, 11) is 1.74. The molecule has 4 saturated carbocycles. The SMILES string of the molecule is COCCN1CC2(C[C@@H]3[C@@H]4C2[C@]34c2cc(-c3cnc(N)c(C(F)(F)F)c3)nn2C(C)C)C1. The smallest absolute Gasteiger partial charge is 0.383 e. The predicted molar refractivity (Wildman–Crippen MR) is 113 cm³/mol. The zero-order chi connectivity index (χ0) is 22.6. The molecular weight excluding hydrogens is 419 g/mol. The normalized spacial score (nSPS) is 31.8. The average molecular weight is 448 g/mol. The van der Waals surface area contributed by atoms with Gasteiger partial charge in [0.05, 0.1) is 17.9 Å². The number of hydrogen-bond donors (Lipinski definition) is 1. The number of likely N-dealkylation sites (tertiary alicyclic amines) is 1. The number of hydrogen-bond acceptors (Lipinski definition) is 5. The van der Waals surface area contributed by atoms with Gasteiger partial charge in [0, 0.05) is 61.1 Å². The molecule has 2 aromatic heterocycles. The lowest BCUT2D eigenvalue weighted by Crippen LogP contribution is -2.57. The number of nitrogens with zero attached hydrogens (tertiary/aromatic N) is 4. The molecule has 5 fully saturated rings. The number of rotatable bonds is 6. The Morgan fingerprint density at radius 1 is 1.28 bits per heavy atom. The summed E-state index contributed by atoms with van der Waals surface area (Å²) < 4.78 is 47.3. The van der Waals surface area contributed by atoms with Crippen LogP contribution < -0.4 is 5.73 Å². The van der Waals surface area contributed by atoms with Crippen molar-refractivity contribution in [3.8, 4) is 11.3 Å². The zero-order valence-corrected chi connectivity index (χ0v) is 18.5. The fourth-order valence-electron chi connectivity index (χ4n) is 7.20. The van der Waals surface area contributed by atoms with Crippen molar-refractivity contribution < 1.29 is 17.9 Å². The van der Waals surface area contributed by atoms with Crippen molar-refractivity contribution in [1.82, 2.24) is 19.7 Å². The molecule has 4 aliphatic carbocycles. The summed E-state index contributed by atoms with van der Waals surface area (Å²) in [6.07, 6.45) is -1.89. The number of pyridine rings is 1. The Hall–Kier alpha value is -2.13. The standard InChI is InChI=1S/C23H28F3N5O/c1-12(2)31-17(7-16(29-31)13-6-14(23(24,25)26)20(27)28-9-13)22-15-8-21(19(22)18(15)22)10-30(11-21)4-5-32-3/h6-7,9,12,15,18-19H,4-5,8,10-11H2,1-3H3,(H2,27,28)/t15-,18-,19?,22+/m1/s1. The van der Waals surface area contributed by atoms with E-state index in [0.29, 0.717) is 34.4 Å². The van der Waals surface area contributed by atoms with E-state index >= 15 is 0 Å². The van der Waals surface area contributed by atoms with Crippen molar-refractivity contribution >= 4 is 5.82 Å². The summed E-state index contributed by atoms with van der Waals surface area (Å²) >= 11 is 0. The first kappa shape index (κ1) is 20.5. The molecule has 2 aromatic rings. The van der Waals surface area contributed by atoms with Gasteiger partial charge in [0.1, 0.15) is 5.82 Å². The quantitative estimate of drug-likeness (QED) is 0.733. The van der Waals surface area contributed by atoms with E-state index in [9.17, 15) is 13.2 Å². The van der Waals surface area contributed by atoms with Crippen LogP contribution in [0.1, 0.15) is 37.6 Å². The number of ether oxygens (including phenoxy) is 1. The van der Waals surface area contributed by atoms with E-state index in [-0.39, 0.29) is 11.5 Å². The number of nitrogen functional groups attached to an aromatic ring is 1. The van der Waals surface area contributed by atoms with Crippen molar-refractivity contribution in [2.75, 3.05) is 39.1 Å². The highest BCUT2D eigenvalue weighted by Crippen LogP contribution is 2.96. The number of anilines is 1. The first-order valence-corrected chi connectivity index (χ1v) is 11.3. The van der Waals surface area contributed by atoms with Crippen LogP contribution in [0.5, 0.6) is 0 Å². The van der Waals surface area contributed by atoms with Crippen LogP contribution in [0.4, 0.5) is 19.0 Å². The second-order valence-electron chi connectivity index (χ2n) is 10.4. The van der Waals surface area contributed by atoms with Gasteiger partial charge in [-0.3, -0.25) is 9.58 Å². The lowest BCUT2D eigenvalue weighted by molar-refractivity contribution is -0.137. The van der Waals surface area contributed by atoms with E-state index < -0.39 is 17.6 Å². The van der Waals surface area contributed by atoms with E-state index in [2.05, 4.69) is 23.7 Å². The van der Waals surface area contributed by atoms with Crippen LogP contribution in [0, 0.1) is 23.2 Å². The molecule has 2 bridgehead atoms. The van der Waals surface area contributed by atoms with Crippen molar-refractivity contribution in [1.29, 1.82) is 0 Å². The Bertz CT molecular complexity index is 1080. The minimum atomic E-state index is -4.54. The third kappa shape index (κ3) is 2.49. The molecule has 2 N–H and O–H groups in total. The monoisotopic (exact) mass is 447 g/mol. The maximum absolute atomic E-state index is 13.4. The molecule has 0 radical (unpaired) electrons. The van der Waals surface area contributed by atoms with Crippen molar-refractivity contribution in [2.45, 2.75) is 37.9 Å². The molecule has 5 aliphatic rings. The molecule has 1 unspecified atom stereocenters. The Labute approximate surface area is 184 Å². The highest BCUT2D eigenvalue weighted by atomic mass is 19.4. The molecule has 172 valence electrons. The molecule has 1 aliphatic heterocycles. The van der Waals surface area contributed by atoms with Crippen molar-refractivity contribution in [3.63, 3.8) is 0 Å². The molecule has 4 atom stereocenters. The van der Waals surface area contributed by atoms with Crippen molar-refractivity contribution in [3.05, 3.63) is 29.6 Å². The Morgan fingerprint density at radius 2 is 2.03 bits per heavy atom. The van der Waals surface area contributed by atoms with Gasteiger partial charge in [0.15, 0.2) is 0 Å². The summed E-state index contributed by atoms with van der Waals surface area (Å²) in [5, 5.41) is 4.75.